The number of halogens is 1. The first-order chi connectivity index (χ1) is 13.2. The minimum absolute atomic E-state index is 0.00864. The summed E-state index contributed by atoms with van der Waals surface area (Å²) in [5.41, 5.74) is 8.07. The predicted molar refractivity (Wildman–Crippen MR) is 104 cm³/mol. The lowest BCUT2D eigenvalue weighted by molar-refractivity contribution is 0.433. The van der Waals surface area contributed by atoms with Crippen molar-refractivity contribution in [2.75, 3.05) is 11.1 Å². The van der Waals surface area contributed by atoms with Gasteiger partial charge >= 0.3 is 0 Å². The van der Waals surface area contributed by atoms with Crippen LogP contribution in [0.25, 0.3) is 10.8 Å². The van der Waals surface area contributed by atoms with E-state index in [4.69, 9.17) is 5.73 Å². The molecule has 134 valence electrons. The van der Waals surface area contributed by atoms with Crippen LogP contribution in [0.1, 0.15) is 29.6 Å². The van der Waals surface area contributed by atoms with Gasteiger partial charge in [0.05, 0.1) is 12.1 Å². The van der Waals surface area contributed by atoms with Crippen LogP contribution in [-0.4, -0.2) is 14.8 Å². The molecule has 0 saturated carbocycles. The zero-order valence-electron chi connectivity index (χ0n) is 14.5. The number of nitrogens with one attached hydrogen (secondary N) is 1. The molecule has 2 atom stereocenters. The first kappa shape index (κ1) is 15.8. The molecule has 4 aromatic rings. The standard InChI is InChI=1S/C21H18FN5/c22-15-10-8-14(9-11-15)18-12-19(27-21(24-18)25-20(23)26-27)17-7-3-5-13-4-1-2-6-16(13)17/h1-11,18-19H,12H2,(H3,23,24,25,26)/t18-,19-/m1/s1. The van der Waals surface area contributed by atoms with Crippen molar-refractivity contribution in [3.63, 3.8) is 0 Å². The van der Waals surface area contributed by atoms with Crippen LogP contribution in [0.15, 0.2) is 66.7 Å². The Morgan fingerprint density at radius 2 is 1.78 bits per heavy atom. The van der Waals surface area contributed by atoms with Crippen LogP contribution >= 0.6 is 0 Å². The molecule has 1 aliphatic heterocycles. The second kappa shape index (κ2) is 6.09. The van der Waals surface area contributed by atoms with E-state index in [0.717, 1.165) is 12.0 Å². The van der Waals surface area contributed by atoms with E-state index >= 15 is 0 Å². The summed E-state index contributed by atoms with van der Waals surface area (Å²) in [5.74, 6) is 0.626. The number of hydrogen-bond acceptors (Lipinski definition) is 4. The van der Waals surface area contributed by atoms with Gasteiger partial charge < -0.3 is 11.1 Å². The van der Waals surface area contributed by atoms with Gasteiger partial charge in [0.2, 0.25) is 11.9 Å². The van der Waals surface area contributed by atoms with E-state index in [9.17, 15) is 4.39 Å². The van der Waals surface area contributed by atoms with Crippen LogP contribution < -0.4 is 11.1 Å². The maximum atomic E-state index is 13.3. The minimum Gasteiger partial charge on any atom is -0.366 e. The molecule has 1 aliphatic rings. The molecule has 1 aromatic heterocycles. The lowest BCUT2D eigenvalue weighted by Gasteiger charge is -2.32. The fourth-order valence-corrected chi connectivity index (χ4v) is 3.91. The van der Waals surface area contributed by atoms with E-state index in [1.165, 1.54) is 28.5 Å². The molecule has 5 nitrogen and oxygen atoms in total. The summed E-state index contributed by atoms with van der Waals surface area (Å²) in [5, 5.41) is 10.2. The van der Waals surface area contributed by atoms with Crippen molar-refractivity contribution in [2.45, 2.75) is 18.5 Å². The second-order valence-electron chi connectivity index (χ2n) is 6.81. The van der Waals surface area contributed by atoms with Gasteiger partial charge in [0.25, 0.3) is 0 Å². The third kappa shape index (κ3) is 2.70. The normalized spacial score (nSPS) is 18.9. The second-order valence-corrected chi connectivity index (χ2v) is 6.81. The van der Waals surface area contributed by atoms with Crippen LogP contribution in [0.2, 0.25) is 0 Å². The fraction of sp³-hybridized carbons (Fsp3) is 0.143. The number of fused-ring (bicyclic) bond motifs is 2. The minimum atomic E-state index is -0.243. The maximum absolute atomic E-state index is 13.3. The molecule has 0 aliphatic carbocycles. The number of nitrogens with two attached hydrogens (primary N) is 1. The Morgan fingerprint density at radius 1 is 1.00 bits per heavy atom. The number of benzene rings is 3. The summed E-state index contributed by atoms with van der Waals surface area (Å²) in [6.07, 6.45) is 0.759. The van der Waals surface area contributed by atoms with Crippen LogP contribution in [0.5, 0.6) is 0 Å². The number of nitrogen functional groups attached to an aromatic ring is 1. The van der Waals surface area contributed by atoms with E-state index in [2.05, 4.69) is 45.7 Å². The molecule has 3 N–H and O–H groups in total. The van der Waals surface area contributed by atoms with Crippen molar-refractivity contribution < 1.29 is 4.39 Å². The molecule has 2 heterocycles. The molecule has 0 unspecified atom stereocenters. The first-order valence-corrected chi connectivity index (χ1v) is 8.91. The highest BCUT2D eigenvalue weighted by Crippen LogP contribution is 2.40. The highest BCUT2D eigenvalue weighted by Gasteiger charge is 2.31. The molecule has 0 saturated heterocycles. The van der Waals surface area contributed by atoms with Crippen molar-refractivity contribution in [3.8, 4) is 0 Å². The zero-order valence-corrected chi connectivity index (χ0v) is 14.5. The van der Waals surface area contributed by atoms with Crippen molar-refractivity contribution in [2.24, 2.45) is 0 Å². The molecule has 0 spiro atoms. The van der Waals surface area contributed by atoms with Gasteiger partial charge in [-0.2, -0.15) is 4.98 Å². The molecule has 27 heavy (non-hydrogen) atoms. The largest absolute Gasteiger partial charge is 0.366 e. The number of rotatable bonds is 2. The fourth-order valence-electron chi connectivity index (χ4n) is 3.91. The number of nitrogens with zero attached hydrogens (tertiary/aromatic N) is 3. The quantitative estimate of drug-likeness (QED) is 0.560. The summed E-state index contributed by atoms with van der Waals surface area (Å²) in [7, 11) is 0. The van der Waals surface area contributed by atoms with Gasteiger partial charge in [-0.25, -0.2) is 9.07 Å². The number of anilines is 2. The van der Waals surface area contributed by atoms with Crippen molar-refractivity contribution in [3.05, 3.63) is 83.7 Å². The molecule has 6 heteroatoms. The first-order valence-electron chi connectivity index (χ1n) is 8.91. The Morgan fingerprint density at radius 3 is 2.63 bits per heavy atom. The van der Waals surface area contributed by atoms with Gasteiger partial charge in [-0.3, -0.25) is 0 Å². The van der Waals surface area contributed by atoms with Gasteiger partial charge in [-0.15, -0.1) is 5.10 Å². The van der Waals surface area contributed by atoms with Gasteiger partial charge in [0.1, 0.15) is 5.82 Å². The van der Waals surface area contributed by atoms with Gasteiger partial charge in [0, 0.05) is 0 Å². The topological polar surface area (TPSA) is 68.8 Å². The van der Waals surface area contributed by atoms with E-state index < -0.39 is 0 Å². The van der Waals surface area contributed by atoms with Crippen LogP contribution in [-0.2, 0) is 0 Å². The summed E-state index contributed by atoms with van der Waals surface area (Å²) in [6, 6.07) is 21.2. The van der Waals surface area contributed by atoms with E-state index in [1.54, 1.807) is 0 Å². The number of aromatic nitrogens is 3. The number of hydrogen-bond donors (Lipinski definition) is 2. The van der Waals surface area contributed by atoms with Crippen LogP contribution in [0.3, 0.4) is 0 Å². The highest BCUT2D eigenvalue weighted by atomic mass is 19.1. The Hall–Kier alpha value is -3.41. The molecule has 5 rings (SSSR count). The third-order valence-corrected chi connectivity index (χ3v) is 5.16. The highest BCUT2D eigenvalue weighted by molar-refractivity contribution is 5.86. The summed E-state index contributed by atoms with van der Waals surface area (Å²) in [6.45, 7) is 0. The van der Waals surface area contributed by atoms with Crippen molar-refractivity contribution in [1.29, 1.82) is 0 Å². The summed E-state index contributed by atoms with van der Waals surface area (Å²) in [4.78, 5) is 4.34. The molecule has 0 bridgehead atoms. The van der Waals surface area contributed by atoms with E-state index in [1.807, 2.05) is 28.9 Å². The third-order valence-electron chi connectivity index (χ3n) is 5.16. The molecule has 3 aromatic carbocycles. The summed E-state index contributed by atoms with van der Waals surface area (Å²) < 4.78 is 15.2. The SMILES string of the molecule is Nc1nc2n(n1)[C@@H](c1cccc3ccccc13)C[C@H](c1ccc(F)cc1)N2. The lowest BCUT2D eigenvalue weighted by atomic mass is 9.90. The smallest absolute Gasteiger partial charge is 0.241 e. The molecule has 0 radical (unpaired) electrons. The van der Waals surface area contributed by atoms with Crippen molar-refractivity contribution in [1.82, 2.24) is 14.8 Å². The average Bonchev–Trinajstić information content (AvgIpc) is 3.07. The Kier molecular flexibility index (Phi) is 3.57. The van der Waals surface area contributed by atoms with Gasteiger partial charge in [-0.05, 0) is 40.5 Å². The van der Waals surface area contributed by atoms with E-state index in [-0.39, 0.29) is 23.8 Å². The molecular weight excluding hydrogens is 341 g/mol. The molecular formula is C21H18FN5. The summed E-state index contributed by atoms with van der Waals surface area (Å²) >= 11 is 0. The van der Waals surface area contributed by atoms with E-state index in [0.29, 0.717) is 5.95 Å². The Bertz CT molecular complexity index is 1110. The average molecular weight is 359 g/mol. The van der Waals surface area contributed by atoms with Crippen LogP contribution in [0, 0.1) is 5.82 Å². The molecule has 0 amide bonds. The van der Waals surface area contributed by atoms with Crippen molar-refractivity contribution >= 4 is 22.7 Å². The predicted octanol–water partition coefficient (Wildman–Crippen LogP) is 4.30. The monoisotopic (exact) mass is 359 g/mol. The Balaban J connectivity index is 1.64. The Labute approximate surface area is 155 Å². The molecule has 0 fully saturated rings. The van der Waals surface area contributed by atoms with Gasteiger partial charge in [0.15, 0.2) is 0 Å². The van der Waals surface area contributed by atoms with Crippen LogP contribution in [0.4, 0.5) is 16.3 Å². The lowest BCUT2D eigenvalue weighted by Crippen LogP contribution is -2.28. The zero-order chi connectivity index (χ0) is 18.4. The maximum Gasteiger partial charge on any atom is 0.241 e. The van der Waals surface area contributed by atoms with Gasteiger partial charge in [-0.1, -0.05) is 54.6 Å².